The predicted molar refractivity (Wildman–Crippen MR) is 75.9 cm³/mol. The molecule has 0 aromatic heterocycles. The van der Waals surface area contributed by atoms with Crippen LogP contribution in [-0.2, 0) is 9.53 Å². The second kappa shape index (κ2) is 6.84. The van der Waals surface area contributed by atoms with E-state index >= 15 is 0 Å². The highest BCUT2D eigenvalue weighted by Gasteiger charge is 2.22. The minimum Gasteiger partial charge on any atom is -0.451 e. The van der Waals surface area contributed by atoms with Gasteiger partial charge < -0.3 is 15.6 Å². The first-order chi connectivity index (χ1) is 9.72. The van der Waals surface area contributed by atoms with Gasteiger partial charge in [-0.15, -0.1) is 0 Å². The Bertz CT molecular complexity index is 503. The highest BCUT2D eigenvalue weighted by Crippen LogP contribution is 2.26. The number of hydrogen-bond acceptors (Lipinski definition) is 4. The van der Waals surface area contributed by atoms with E-state index in [0.717, 1.165) is 11.1 Å². The normalized spacial score (nSPS) is 12.2. The van der Waals surface area contributed by atoms with Crippen molar-refractivity contribution in [3.63, 3.8) is 0 Å². The van der Waals surface area contributed by atoms with Gasteiger partial charge in [-0.2, -0.15) is 0 Å². The molecule has 0 amide bonds. The highest BCUT2D eigenvalue weighted by molar-refractivity contribution is 5.76. The van der Waals surface area contributed by atoms with Crippen LogP contribution < -0.4 is 5.73 Å². The van der Waals surface area contributed by atoms with Crippen molar-refractivity contribution in [3.05, 3.63) is 71.8 Å². The zero-order valence-corrected chi connectivity index (χ0v) is 11.0. The van der Waals surface area contributed by atoms with Crippen LogP contribution in [0.1, 0.15) is 17.2 Å². The number of carbonyl (C=O) groups is 1. The second-order valence-corrected chi connectivity index (χ2v) is 4.43. The Morgan fingerprint density at radius 3 is 1.85 bits per heavy atom. The van der Waals surface area contributed by atoms with Gasteiger partial charge in [-0.3, -0.25) is 4.79 Å². The molecule has 0 heterocycles. The molecular weight excluding hydrogens is 254 g/mol. The summed E-state index contributed by atoms with van der Waals surface area (Å²) in [5.74, 6) is -0.620. The third-order valence-corrected chi connectivity index (χ3v) is 2.94. The lowest BCUT2D eigenvalue weighted by molar-refractivity contribution is -0.150. The summed E-state index contributed by atoms with van der Waals surface area (Å²) in [5, 5.41) is 8.93. The van der Waals surface area contributed by atoms with Crippen molar-refractivity contribution >= 4 is 5.97 Å². The molecule has 3 N–H and O–H groups in total. The third kappa shape index (κ3) is 3.44. The van der Waals surface area contributed by atoms with Crippen LogP contribution in [0.25, 0.3) is 0 Å². The van der Waals surface area contributed by atoms with Crippen LogP contribution in [0.4, 0.5) is 0 Å². The molecule has 104 valence electrons. The van der Waals surface area contributed by atoms with Crippen molar-refractivity contribution in [2.45, 2.75) is 12.1 Å². The maximum atomic E-state index is 11.8. The van der Waals surface area contributed by atoms with Crippen molar-refractivity contribution in [2.75, 3.05) is 6.61 Å². The molecule has 4 heteroatoms. The minimum atomic E-state index is -1.02. The van der Waals surface area contributed by atoms with Crippen molar-refractivity contribution in [2.24, 2.45) is 5.73 Å². The Morgan fingerprint density at radius 2 is 1.45 bits per heavy atom. The number of nitrogens with two attached hydrogens (primary N) is 1. The lowest BCUT2D eigenvalue weighted by Gasteiger charge is -2.20. The molecule has 4 nitrogen and oxygen atoms in total. The number of esters is 1. The smallest absolute Gasteiger partial charge is 0.326 e. The molecule has 0 bridgehead atoms. The third-order valence-electron chi connectivity index (χ3n) is 2.94. The average Bonchev–Trinajstić information content (AvgIpc) is 2.53. The van der Waals surface area contributed by atoms with E-state index in [4.69, 9.17) is 15.6 Å². The molecule has 0 fully saturated rings. The predicted octanol–water partition coefficient (Wildman–Crippen LogP) is 1.64. The maximum Gasteiger partial charge on any atom is 0.326 e. The average molecular weight is 271 g/mol. The van der Waals surface area contributed by atoms with Crippen LogP contribution >= 0.6 is 0 Å². The molecule has 2 rings (SSSR count). The first kappa shape index (κ1) is 14.2. The molecule has 20 heavy (non-hydrogen) atoms. The maximum absolute atomic E-state index is 11.8. The number of rotatable bonds is 5. The molecule has 0 saturated heterocycles. The fraction of sp³-hybridized carbons (Fsp3) is 0.188. The minimum absolute atomic E-state index is 0.435. The summed E-state index contributed by atoms with van der Waals surface area (Å²) >= 11 is 0. The Balaban J connectivity index is 2.28. The SMILES string of the molecule is NC(CO)C(=O)OC(c1ccccc1)c1ccccc1. The lowest BCUT2D eigenvalue weighted by Crippen LogP contribution is -2.36. The Labute approximate surface area is 117 Å². The van der Waals surface area contributed by atoms with Gasteiger partial charge in [0.1, 0.15) is 6.04 Å². The van der Waals surface area contributed by atoms with Gasteiger partial charge in [-0.25, -0.2) is 0 Å². The molecule has 1 atom stereocenters. The Hall–Kier alpha value is -2.17. The van der Waals surface area contributed by atoms with E-state index in [2.05, 4.69) is 0 Å². The monoisotopic (exact) mass is 271 g/mol. The summed E-state index contributed by atoms with van der Waals surface area (Å²) in [5.41, 5.74) is 7.21. The van der Waals surface area contributed by atoms with Crippen molar-refractivity contribution < 1.29 is 14.6 Å². The van der Waals surface area contributed by atoms with Crippen molar-refractivity contribution in [3.8, 4) is 0 Å². The van der Waals surface area contributed by atoms with E-state index in [-0.39, 0.29) is 0 Å². The lowest BCUT2D eigenvalue weighted by atomic mass is 10.0. The van der Waals surface area contributed by atoms with E-state index in [9.17, 15) is 4.79 Å². The van der Waals surface area contributed by atoms with E-state index < -0.39 is 24.7 Å². The van der Waals surface area contributed by atoms with Crippen LogP contribution in [0, 0.1) is 0 Å². The quantitative estimate of drug-likeness (QED) is 0.811. The fourth-order valence-electron chi connectivity index (χ4n) is 1.86. The van der Waals surface area contributed by atoms with E-state index in [1.54, 1.807) is 0 Å². The number of carbonyl (C=O) groups excluding carboxylic acids is 1. The van der Waals surface area contributed by atoms with Gasteiger partial charge >= 0.3 is 5.97 Å². The van der Waals surface area contributed by atoms with Gasteiger partial charge in [-0.05, 0) is 11.1 Å². The van der Waals surface area contributed by atoms with E-state index in [1.807, 2.05) is 60.7 Å². The van der Waals surface area contributed by atoms with Gasteiger partial charge in [-0.1, -0.05) is 60.7 Å². The summed E-state index contributed by atoms with van der Waals surface area (Å²) in [7, 11) is 0. The first-order valence-corrected chi connectivity index (χ1v) is 6.39. The summed E-state index contributed by atoms with van der Waals surface area (Å²) in [4.78, 5) is 11.8. The summed E-state index contributed by atoms with van der Waals surface area (Å²) in [6.45, 7) is -0.435. The number of hydrogen-bond donors (Lipinski definition) is 2. The van der Waals surface area contributed by atoms with Crippen LogP contribution in [-0.4, -0.2) is 23.7 Å². The van der Waals surface area contributed by atoms with Crippen LogP contribution in [0.15, 0.2) is 60.7 Å². The summed E-state index contributed by atoms with van der Waals surface area (Å²) in [6.07, 6.45) is -0.525. The summed E-state index contributed by atoms with van der Waals surface area (Å²) < 4.78 is 5.45. The molecule has 2 aromatic rings. The van der Waals surface area contributed by atoms with E-state index in [0.29, 0.717) is 0 Å². The van der Waals surface area contributed by atoms with Crippen molar-refractivity contribution in [1.82, 2.24) is 0 Å². The molecule has 2 aromatic carbocycles. The number of ether oxygens (including phenoxy) is 1. The standard InChI is InChI=1S/C16H17NO3/c17-14(11-18)16(19)20-15(12-7-3-1-4-8-12)13-9-5-2-6-10-13/h1-10,14-15,18H,11,17H2. The van der Waals surface area contributed by atoms with Crippen molar-refractivity contribution in [1.29, 1.82) is 0 Å². The number of benzene rings is 2. The molecule has 0 aliphatic heterocycles. The van der Waals surface area contributed by atoms with Gasteiger partial charge in [0.05, 0.1) is 6.61 Å². The van der Waals surface area contributed by atoms with Gasteiger partial charge in [0.15, 0.2) is 6.10 Å². The highest BCUT2D eigenvalue weighted by atomic mass is 16.5. The van der Waals surface area contributed by atoms with Crippen LogP contribution in [0.3, 0.4) is 0 Å². The van der Waals surface area contributed by atoms with Gasteiger partial charge in [0.25, 0.3) is 0 Å². The van der Waals surface area contributed by atoms with Crippen LogP contribution in [0.5, 0.6) is 0 Å². The second-order valence-electron chi connectivity index (χ2n) is 4.43. The largest absolute Gasteiger partial charge is 0.451 e. The zero-order valence-electron chi connectivity index (χ0n) is 11.0. The topological polar surface area (TPSA) is 72.5 Å². The fourth-order valence-corrected chi connectivity index (χ4v) is 1.86. The van der Waals surface area contributed by atoms with Gasteiger partial charge in [0.2, 0.25) is 0 Å². The molecule has 1 unspecified atom stereocenters. The van der Waals surface area contributed by atoms with E-state index in [1.165, 1.54) is 0 Å². The van der Waals surface area contributed by atoms with Gasteiger partial charge in [0, 0.05) is 0 Å². The summed E-state index contributed by atoms with van der Waals surface area (Å²) in [6, 6.07) is 17.8. The molecule has 0 aliphatic rings. The first-order valence-electron chi connectivity index (χ1n) is 6.39. The molecular formula is C16H17NO3. The molecule has 0 radical (unpaired) electrons. The van der Waals surface area contributed by atoms with Crippen LogP contribution in [0.2, 0.25) is 0 Å². The molecule has 0 saturated carbocycles. The number of aliphatic hydroxyl groups is 1. The Kier molecular flexibility index (Phi) is 4.87. The number of aliphatic hydroxyl groups excluding tert-OH is 1. The molecule has 0 aliphatic carbocycles. The Morgan fingerprint density at radius 1 is 1.00 bits per heavy atom. The molecule has 0 spiro atoms. The zero-order chi connectivity index (χ0) is 14.4.